The summed E-state index contributed by atoms with van der Waals surface area (Å²) in [5, 5.41) is 3.28. The minimum atomic E-state index is -0.701. The topological polar surface area (TPSA) is 111 Å². The fourth-order valence-electron chi connectivity index (χ4n) is 7.01. The molecule has 11 nitrogen and oxygen atoms in total. The van der Waals surface area contributed by atoms with Crippen LogP contribution in [0.2, 0.25) is 0 Å². The van der Waals surface area contributed by atoms with Gasteiger partial charge in [-0.1, -0.05) is 31.4 Å². The van der Waals surface area contributed by atoms with Gasteiger partial charge in [0.15, 0.2) is 28.8 Å². The number of methoxy groups -OCH3 is 1. The molecule has 0 atom stereocenters. The molecule has 2 aromatic heterocycles. The number of ether oxygens (including phenoxy) is 3. The van der Waals surface area contributed by atoms with Crippen molar-refractivity contribution in [1.29, 1.82) is 0 Å². The lowest BCUT2D eigenvalue weighted by Gasteiger charge is -2.32. The number of rotatable bonds is 11. The summed E-state index contributed by atoms with van der Waals surface area (Å²) < 4.78 is 35.0. The first-order valence-electron chi connectivity index (χ1n) is 17.7. The van der Waals surface area contributed by atoms with Crippen LogP contribution in [0.4, 0.5) is 10.1 Å². The Labute approximate surface area is 296 Å². The molecule has 1 aliphatic heterocycles. The maximum Gasteiger partial charge on any atom is 0.282 e. The summed E-state index contributed by atoms with van der Waals surface area (Å²) in [5.41, 5.74) is 1.37. The van der Waals surface area contributed by atoms with E-state index in [-0.39, 0.29) is 23.2 Å². The van der Waals surface area contributed by atoms with Crippen molar-refractivity contribution in [2.45, 2.75) is 44.6 Å². The number of nitrogens with zero attached hydrogens (tertiary/aromatic N) is 5. The summed E-state index contributed by atoms with van der Waals surface area (Å²) in [7, 11) is 3.72. The van der Waals surface area contributed by atoms with Gasteiger partial charge in [-0.05, 0) is 62.7 Å². The summed E-state index contributed by atoms with van der Waals surface area (Å²) in [4.78, 5) is 40.8. The Balaban J connectivity index is 1.05. The molecule has 266 valence electrons. The van der Waals surface area contributed by atoms with Crippen molar-refractivity contribution in [2.75, 3.05) is 58.8 Å². The zero-order valence-corrected chi connectivity index (χ0v) is 29.1. The number of anilines is 1. The summed E-state index contributed by atoms with van der Waals surface area (Å²) in [5.74, 6) is 0.0181. The molecule has 0 unspecified atom stereocenters. The van der Waals surface area contributed by atoms with Gasteiger partial charge in [0.25, 0.3) is 11.5 Å². The summed E-state index contributed by atoms with van der Waals surface area (Å²) >= 11 is 0. The van der Waals surface area contributed by atoms with Crippen molar-refractivity contribution in [3.05, 3.63) is 88.7 Å². The van der Waals surface area contributed by atoms with Crippen molar-refractivity contribution in [3.8, 4) is 23.0 Å². The van der Waals surface area contributed by atoms with Crippen LogP contribution >= 0.6 is 0 Å². The predicted octanol–water partition coefficient (Wildman–Crippen LogP) is 6.66. The van der Waals surface area contributed by atoms with Crippen LogP contribution in [-0.2, 0) is 0 Å². The lowest BCUT2D eigenvalue weighted by molar-refractivity contribution is 0.102. The Morgan fingerprint density at radius 1 is 0.922 bits per heavy atom. The molecule has 1 aliphatic carbocycles. The average molecular weight is 695 g/mol. The highest BCUT2D eigenvalue weighted by Crippen LogP contribution is 2.38. The third kappa shape index (κ3) is 7.67. The number of aromatic nitrogens is 3. The highest BCUT2D eigenvalue weighted by atomic mass is 19.1. The number of nitrogens with one attached hydrogen (secondary N) is 1. The SMILES string of the molecule is COc1cc2c(Oc3ccc(NC(=O)c4nc5ccccc5n(C5CCCCC5)c4=O)cc3F)ccnc2cc1OCCCN1CCN(C)CC1. The number of fused-ring (bicyclic) bond motifs is 2. The minimum absolute atomic E-state index is 0.000147. The highest BCUT2D eigenvalue weighted by molar-refractivity contribution is 6.03. The number of carbonyl (C=O) groups excluding carboxylic acids is 1. The quantitative estimate of drug-likeness (QED) is 0.152. The largest absolute Gasteiger partial charge is 0.493 e. The fraction of sp³-hybridized carbons (Fsp3) is 0.385. The van der Waals surface area contributed by atoms with Crippen LogP contribution in [0, 0.1) is 5.82 Å². The molecule has 1 amide bonds. The molecule has 3 heterocycles. The van der Waals surface area contributed by atoms with Crippen LogP contribution in [0.5, 0.6) is 23.0 Å². The third-order valence-electron chi connectivity index (χ3n) is 9.82. The van der Waals surface area contributed by atoms with Gasteiger partial charge in [-0.25, -0.2) is 9.37 Å². The minimum Gasteiger partial charge on any atom is -0.493 e. The number of para-hydroxylation sites is 2. The van der Waals surface area contributed by atoms with Gasteiger partial charge in [0.2, 0.25) is 0 Å². The van der Waals surface area contributed by atoms with E-state index >= 15 is 4.39 Å². The fourth-order valence-corrected chi connectivity index (χ4v) is 7.01. The number of carbonyl (C=O) groups is 1. The van der Waals surface area contributed by atoms with Crippen molar-refractivity contribution in [3.63, 3.8) is 0 Å². The van der Waals surface area contributed by atoms with E-state index in [2.05, 4.69) is 32.1 Å². The molecular weight excluding hydrogens is 651 g/mol. The molecule has 5 aromatic rings. The number of halogens is 1. The van der Waals surface area contributed by atoms with Crippen LogP contribution in [0.15, 0.2) is 71.7 Å². The lowest BCUT2D eigenvalue weighted by atomic mass is 9.95. The molecule has 51 heavy (non-hydrogen) atoms. The Hall–Kier alpha value is -5.07. The first-order valence-corrected chi connectivity index (χ1v) is 17.7. The van der Waals surface area contributed by atoms with Gasteiger partial charge in [0.1, 0.15) is 5.75 Å². The molecule has 2 aliphatic rings. The van der Waals surface area contributed by atoms with Gasteiger partial charge in [-0.15, -0.1) is 0 Å². The first kappa shape index (κ1) is 34.4. The van der Waals surface area contributed by atoms with E-state index in [1.807, 2.05) is 18.2 Å². The van der Waals surface area contributed by atoms with Crippen LogP contribution < -0.4 is 25.1 Å². The molecule has 0 spiro atoms. The molecular formula is C39H43FN6O5. The summed E-state index contributed by atoms with van der Waals surface area (Å²) in [6, 6.07) is 16.7. The van der Waals surface area contributed by atoms with E-state index in [1.165, 1.54) is 12.1 Å². The maximum atomic E-state index is 15.5. The maximum absolute atomic E-state index is 15.5. The van der Waals surface area contributed by atoms with Crippen LogP contribution in [-0.4, -0.2) is 83.7 Å². The standard InChI is InChI=1S/C39H43FN6O5/c1-44-18-20-45(21-19-44)17-8-22-50-36-25-31-28(24-35(36)49-2)33(15-16-41-31)51-34-14-13-26(23-29(34)40)42-38(47)37-39(48)46(27-9-4-3-5-10-27)32-12-7-6-11-30(32)43-37/h6-7,11-16,23-25,27H,3-5,8-10,17-22H2,1-2H3,(H,42,47). The van der Waals surface area contributed by atoms with E-state index < -0.39 is 17.3 Å². The second kappa shape index (κ2) is 15.4. The van der Waals surface area contributed by atoms with Crippen molar-refractivity contribution in [2.24, 2.45) is 0 Å². The van der Waals surface area contributed by atoms with E-state index in [9.17, 15) is 9.59 Å². The van der Waals surface area contributed by atoms with Gasteiger partial charge in [-0.2, -0.15) is 0 Å². The Morgan fingerprint density at radius 3 is 2.51 bits per heavy atom. The molecule has 1 saturated heterocycles. The molecule has 7 rings (SSSR count). The van der Waals surface area contributed by atoms with Gasteiger partial charge < -0.3 is 33.9 Å². The van der Waals surface area contributed by atoms with Crippen LogP contribution in [0.3, 0.4) is 0 Å². The smallest absolute Gasteiger partial charge is 0.282 e. The average Bonchev–Trinajstić information content (AvgIpc) is 3.15. The number of amides is 1. The van der Waals surface area contributed by atoms with Crippen molar-refractivity contribution < 1.29 is 23.4 Å². The normalized spacial score (nSPS) is 16.0. The number of pyridine rings is 1. The molecule has 12 heteroatoms. The lowest BCUT2D eigenvalue weighted by Crippen LogP contribution is -2.44. The van der Waals surface area contributed by atoms with Crippen LogP contribution in [0.1, 0.15) is 55.1 Å². The second-order valence-electron chi connectivity index (χ2n) is 13.3. The van der Waals surface area contributed by atoms with Gasteiger partial charge in [0, 0.05) is 68.2 Å². The summed E-state index contributed by atoms with van der Waals surface area (Å²) in [6.45, 7) is 5.78. The van der Waals surface area contributed by atoms with E-state index in [4.69, 9.17) is 14.2 Å². The van der Waals surface area contributed by atoms with Gasteiger partial charge in [0.05, 0.1) is 30.3 Å². The van der Waals surface area contributed by atoms with Crippen molar-refractivity contribution >= 4 is 33.5 Å². The second-order valence-corrected chi connectivity index (χ2v) is 13.3. The zero-order chi connectivity index (χ0) is 35.3. The number of piperazine rings is 1. The molecule has 1 saturated carbocycles. The molecule has 0 radical (unpaired) electrons. The number of likely N-dealkylation sites (N-methyl/N-ethyl adjacent to an activating group) is 1. The molecule has 2 fully saturated rings. The third-order valence-corrected chi connectivity index (χ3v) is 9.82. The van der Waals surface area contributed by atoms with Crippen LogP contribution in [0.25, 0.3) is 21.9 Å². The van der Waals surface area contributed by atoms with Gasteiger partial charge in [-0.3, -0.25) is 14.6 Å². The predicted molar refractivity (Wildman–Crippen MR) is 195 cm³/mol. The zero-order valence-electron chi connectivity index (χ0n) is 29.1. The Kier molecular flexibility index (Phi) is 10.4. The number of benzene rings is 3. The van der Waals surface area contributed by atoms with E-state index in [0.29, 0.717) is 45.8 Å². The molecule has 3 aromatic carbocycles. The number of hydrogen-bond donors (Lipinski definition) is 1. The monoisotopic (exact) mass is 694 g/mol. The van der Waals surface area contributed by atoms with Crippen molar-refractivity contribution in [1.82, 2.24) is 24.3 Å². The Bertz CT molecular complexity index is 2090. The van der Waals surface area contributed by atoms with E-state index in [1.54, 1.807) is 42.1 Å². The first-order chi connectivity index (χ1) is 24.9. The Morgan fingerprint density at radius 2 is 1.73 bits per heavy atom. The highest BCUT2D eigenvalue weighted by Gasteiger charge is 2.24. The summed E-state index contributed by atoms with van der Waals surface area (Å²) in [6.07, 6.45) is 7.39. The van der Waals surface area contributed by atoms with E-state index in [0.717, 1.165) is 77.3 Å². The molecule has 1 N–H and O–H groups in total. The number of hydrogen-bond acceptors (Lipinski definition) is 9. The molecule has 0 bridgehead atoms. The van der Waals surface area contributed by atoms with Gasteiger partial charge >= 0.3 is 0 Å².